The maximum Gasteiger partial charge on any atom is 0.251 e. The molecule has 0 aliphatic carbocycles. The van der Waals surface area contributed by atoms with Gasteiger partial charge in [-0.3, -0.25) is 9.59 Å². The van der Waals surface area contributed by atoms with Gasteiger partial charge in [0.05, 0.1) is 12.6 Å². The summed E-state index contributed by atoms with van der Waals surface area (Å²) in [6.45, 7) is 0.470. The average molecular weight is 366 g/mol. The summed E-state index contributed by atoms with van der Waals surface area (Å²) in [5, 5.41) is 2.77. The van der Waals surface area contributed by atoms with Crippen LogP contribution in [0.1, 0.15) is 12.0 Å². The Morgan fingerprint density at radius 1 is 1.19 bits per heavy atom. The number of amides is 2. The van der Waals surface area contributed by atoms with E-state index < -0.39 is 12.1 Å². The number of rotatable bonds is 7. The van der Waals surface area contributed by atoms with Crippen LogP contribution in [0.2, 0.25) is 0 Å². The quantitative estimate of drug-likeness (QED) is 0.729. The maximum atomic E-state index is 12.4. The van der Waals surface area contributed by atoms with E-state index in [1.54, 1.807) is 4.90 Å². The van der Waals surface area contributed by atoms with Crippen molar-refractivity contribution in [3.8, 4) is 0 Å². The van der Waals surface area contributed by atoms with Crippen molar-refractivity contribution in [2.75, 3.05) is 30.4 Å². The van der Waals surface area contributed by atoms with E-state index in [0.717, 1.165) is 23.4 Å². The van der Waals surface area contributed by atoms with Crippen molar-refractivity contribution in [1.29, 1.82) is 0 Å². The first-order valence-corrected chi connectivity index (χ1v) is 9.14. The van der Waals surface area contributed by atoms with Crippen LogP contribution in [0.25, 0.3) is 0 Å². The summed E-state index contributed by atoms with van der Waals surface area (Å²) in [5.41, 5.74) is 9.04. The zero-order valence-corrected chi connectivity index (χ0v) is 15.8. The lowest BCUT2D eigenvalue weighted by molar-refractivity contribution is -0.131. The topological polar surface area (TPSA) is 78.7 Å². The highest BCUT2D eigenvalue weighted by molar-refractivity contribution is 6.06. The zero-order chi connectivity index (χ0) is 19.4. The Hall–Kier alpha value is -2.86. The van der Waals surface area contributed by atoms with Gasteiger partial charge in [0, 0.05) is 25.5 Å². The van der Waals surface area contributed by atoms with Crippen molar-refractivity contribution >= 4 is 23.2 Å². The van der Waals surface area contributed by atoms with Gasteiger partial charge in [0.25, 0.3) is 5.91 Å². The number of nitrogens with one attached hydrogen (secondary N) is 1. The Morgan fingerprint density at radius 3 is 2.44 bits per heavy atom. The van der Waals surface area contributed by atoms with Gasteiger partial charge in [-0.15, -0.1) is 0 Å². The van der Waals surface area contributed by atoms with Crippen LogP contribution in [0, 0.1) is 0 Å². The minimum Gasteiger partial charge on any atom is -0.378 e. The summed E-state index contributed by atoms with van der Waals surface area (Å²) in [6, 6.07) is 16.6. The summed E-state index contributed by atoms with van der Waals surface area (Å²) in [6.07, 6.45) is 1.28. The molecule has 1 fully saturated rings. The standard InChI is InChI=1S/C21H26N4O2/c1-24(2)16-9-11-17(12-10-16)25-14-19(21(25)27)23-20(26)18(22)13-8-15-6-4-3-5-7-15/h3-7,9-12,18-19H,8,13-14,22H2,1-2H3,(H,23,26)/t18?,19-/m1/s1. The van der Waals surface area contributed by atoms with E-state index in [1.807, 2.05) is 73.6 Å². The van der Waals surface area contributed by atoms with Gasteiger partial charge >= 0.3 is 0 Å². The molecule has 2 aromatic rings. The van der Waals surface area contributed by atoms with Crippen molar-refractivity contribution in [2.45, 2.75) is 24.9 Å². The van der Waals surface area contributed by atoms with Crippen LogP contribution in [0.4, 0.5) is 11.4 Å². The molecule has 1 aliphatic heterocycles. The number of hydrogen-bond donors (Lipinski definition) is 2. The Kier molecular flexibility index (Phi) is 5.76. The highest BCUT2D eigenvalue weighted by Crippen LogP contribution is 2.24. The number of β-lactam (4-membered cyclic amide) rings is 1. The molecule has 0 spiro atoms. The summed E-state index contributed by atoms with van der Waals surface area (Å²) in [4.78, 5) is 28.3. The Balaban J connectivity index is 1.47. The summed E-state index contributed by atoms with van der Waals surface area (Å²) < 4.78 is 0. The molecule has 3 N–H and O–H groups in total. The van der Waals surface area contributed by atoms with E-state index in [9.17, 15) is 9.59 Å². The Labute approximate surface area is 159 Å². The average Bonchev–Trinajstić information content (AvgIpc) is 2.69. The predicted octanol–water partition coefficient (Wildman–Crippen LogP) is 1.54. The van der Waals surface area contributed by atoms with Crippen molar-refractivity contribution in [3.05, 3.63) is 60.2 Å². The van der Waals surface area contributed by atoms with Gasteiger partial charge in [0.15, 0.2) is 0 Å². The van der Waals surface area contributed by atoms with Crippen molar-refractivity contribution in [1.82, 2.24) is 5.32 Å². The molecule has 6 heteroatoms. The molecule has 1 heterocycles. The molecule has 1 aliphatic rings. The van der Waals surface area contributed by atoms with E-state index in [-0.39, 0.29) is 11.8 Å². The molecule has 142 valence electrons. The highest BCUT2D eigenvalue weighted by atomic mass is 16.2. The van der Waals surface area contributed by atoms with Gasteiger partial charge in [0.2, 0.25) is 5.91 Å². The molecular formula is C21H26N4O2. The number of hydrogen-bond acceptors (Lipinski definition) is 4. The third kappa shape index (κ3) is 4.46. The van der Waals surface area contributed by atoms with Gasteiger partial charge in [-0.2, -0.15) is 0 Å². The third-order valence-electron chi connectivity index (χ3n) is 4.85. The molecule has 2 atom stereocenters. The van der Waals surface area contributed by atoms with E-state index in [1.165, 1.54) is 0 Å². The van der Waals surface area contributed by atoms with Crippen LogP contribution in [-0.4, -0.2) is 44.5 Å². The number of nitrogens with zero attached hydrogens (tertiary/aromatic N) is 2. The Morgan fingerprint density at radius 2 is 1.85 bits per heavy atom. The molecule has 0 aromatic heterocycles. The van der Waals surface area contributed by atoms with Crippen molar-refractivity contribution in [2.24, 2.45) is 5.73 Å². The molecule has 1 unspecified atom stereocenters. The number of carbonyl (C=O) groups is 2. The van der Waals surface area contributed by atoms with Gasteiger partial charge in [-0.05, 0) is 42.7 Å². The highest BCUT2D eigenvalue weighted by Gasteiger charge is 2.39. The van der Waals surface area contributed by atoms with Crippen molar-refractivity contribution in [3.63, 3.8) is 0 Å². The van der Waals surface area contributed by atoms with Crippen LogP contribution in [0.5, 0.6) is 0 Å². The SMILES string of the molecule is CN(C)c1ccc(N2C[C@@H](NC(=O)C(N)CCc3ccccc3)C2=O)cc1. The lowest BCUT2D eigenvalue weighted by Gasteiger charge is -2.39. The molecule has 0 radical (unpaired) electrons. The summed E-state index contributed by atoms with van der Waals surface area (Å²) >= 11 is 0. The van der Waals surface area contributed by atoms with E-state index >= 15 is 0 Å². The lowest BCUT2D eigenvalue weighted by Crippen LogP contribution is -2.65. The smallest absolute Gasteiger partial charge is 0.251 e. The van der Waals surface area contributed by atoms with Crippen LogP contribution in [-0.2, 0) is 16.0 Å². The molecule has 6 nitrogen and oxygen atoms in total. The third-order valence-corrected chi connectivity index (χ3v) is 4.85. The minimum atomic E-state index is -0.619. The monoisotopic (exact) mass is 366 g/mol. The molecule has 2 aromatic carbocycles. The first kappa shape index (κ1) is 18.9. The normalized spacial score (nSPS) is 17.2. The molecule has 2 amide bonds. The van der Waals surface area contributed by atoms with E-state index in [4.69, 9.17) is 5.73 Å². The van der Waals surface area contributed by atoms with Crippen LogP contribution < -0.4 is 20.9 Å². The second-order valence-electron chi connectivity index (χ2n) is 7.05. The predicted molar refractivity (Wildman–Crippen MR) is 108 cm³/mol. The number of carbonyl (C=O) groups excluding carboxylic acids is 2. The summed E-state index contributed by atoms with van der Waals surface area (Å²) in [5.74, 6) is -0.372. The van der Waals surface area contributed by atoms with Gasteiger partial charge in [-0.1, -0.05) is 30.3 Å². The number of nitrogens with two attached hydrogens (primary N) is 1. The molecular weight excluding hydrogens is 340 g/mol. The fourth-order valence-electron chi connectivity index (χ4n) is 3.07. The largest absolute Gasteiger partial charge is 0.378 e. The summed E-state index contributed by atoms with van der Waals surface area (Å²) in [7, 11) is 3.94. The first-order chi connectivity index (χ1) is 13.0. The molecule has 1 saturated heterocycles. The zero-order valence-electron chi connectivity index (χ0n) is 15.8. The fraction of sp³-hybridized carbons (Fsp3) is 0.333. The second-order valence-corrected chi connectivity index (χ2v) is 7.05. The lowest BCUT2D eigenvalue weighted by atomic mass is 10.0. The van der Waals surface area contributed by atoms with Gasteiger partial charge < -0.3 is 20.9 Å². The number of aryl methyl sites for hydroxylation is 1. The number of benzene rings is 2. The van der Waals surface area contributed by atoms with Crippen molar-refractivity contribution < 1.29 is 9.59 Å². The fourth-order valence-corrected chi connectivity index (χ4v) is 3.07. The maximum absolute atomic E-state index is 12.4. The van der Waals surface area contributed by atoms with E-state index in [2.05, 4.69) is 5.32 Å². The first-order valence-electron chi connectivity index (χ1n) is 9.14. The second kappa shape index (κ2) is 8.22. The van der Waals surface area contributed by atoms with E-state index in [0.29, 0.717) is 13.0 Å². The number of anilines is 2. The van der Waals surface area contributed by atoms with Crippen LogP contribution in [0.15, 0.2) is 54.6 Å². The van der Waals surface area contributed by atoms with Crippen LogP contribution >= 0.6 is 0 Å². The minimum absolute atomic E-state index is 0.101. The van der Waals surface area contributed by atoms with Gasteiger partial charge in [0.1, 0.15) is 6.04 Å². The Bertz CT molecular complexity index is 790. The molecule has 0 bridgehead atoms. The molecule has 27 heavy (non-hydrogen) atoms. The van der Waals surface area contributed by atoms with Gasteiger partial charge in [-0.25, -0.2) is 0 Å². The van der Waals surface area contributed by atoms with Crippen LogP contribution in [0.3, 0.4) is 0 Å². The molecule has 0 saturated carbocycles. The molecule has 3 rings (SSSR count).